The molecule has 3 amide bonds. The van der Waals surface area contributed by atoms with Gasteiger partial charge in [0.2, 0.25) is 0 Å². The Morgan fingerprint density at radius 1 is 0.683 bits per heavy atom. The molecule has 2 fully saturated rings. The molecule has 3 aromatic carbocycles. The molecule has 0 atom stereocenters. The average Bonchev–Trinajstić information content (AvgIpc) is 3.56. The number of carbonyl (C=O) groups excluding carboxylic acids is 2. The molecule has 0 unspecified atom stereocenters. The zero-order chi connectivity index (χ0) is 28.8. The van der Waals surface area contributed by atoms with Gasteiger partial charge in [0, 0.05) is 56.7 Å². The summed E-state index contributed by atoms with van der Waals surface area (Å²) in [6, 6.07) is 18.3. The van der Waals surface area contributed by atoms with E-state index in [2.05, 4.69) is 26.5 Å². The molecule has 0 spiro atoms. The van der Waals surface area contributed by atoms with Crippen molar-refractivity contribution in [2.45, 2.75) is 12.8 Å². The number of para-hydroxylation sites is 2. The molecule has 2 N–H and O–H groups in total. The van der Waals surface area contributed by atoms with Gasteiger partial charge in [0.25, 0.3) is 5.91 Å². The molecule has 2 saturated heterocycles. The second-order valence-electron chi connectivity index (χ2n) is 10.0. The van der Waals surface area contributed by atoms with Gasteiger partial charge in [-0.05, 0) is 55.3 Å². The normalized spacial score (nSPS) is 15.0. The van der Waals surface area contributed by atoms with Crippen LogP contribution in [0.15, 0.2) is 60.7 Å². The molecule has 2 aliphatic rings. The van der Waals surface area contributed by atoms with Gasteiger partial charge in [0.1, 0.15) is 17.2 Å². The Kier molecular flexibility index (Phi) is 8.67. The molecule has 0 aromatic heterocycles. The van der Waals surface area contributed by atoms with Crippen LogP contribution in [0, 0.1) is 0 Å². The molecule has 41 heavy (non-hydrogen) atoms. The number of amides is 3. The molecule has 0 saturated carbocycles. The first-order valence-electron chi connectivity index (χ1n) is 13.9. The largest absolute Gasteiger partial charge is 0.497 e. The van der Waals surface area contributed by atoms with E-state index in [0.717, 1.165) is 69.2 Å². The van der Waals surface area contributed by atoms with E-state index in [4.69, 9.17) is 14.2 Å². The number of nitrogens with zero attached hydrogens (tertiary/aromatic N) is 3. The lowest BCUT2D eigenvalue weighted by molar-refractivity contribution is 0.0793. The molecular weight excluding hydrogens is 522 g/mol. The van der Waals surface area contributed by atoms with Crippen molar-refractivity contribution in [1.82, 2.24) is 4.90 Å². The summed E-state index contributed by atoms with van der Waals surface area (Å²) >= 11 is 0. The molecule has 216 valence electrons. The molecule has 0 radical (unpaired) electrons. The smallest absolute Gasteiger partial charge is 0.323 e. The van der Waals surface area contributed by atoms with E-state index < -0.39 is 6.03 Å². The van der Waals surface area contributed by atoms with E-state index in [1.54, 1.807) is 38.5 Å². The molecule has 3 aromatic rings. The number of likely N-dealkylation sites (tertiary alicyclic amines) is 1. The van der Waals surface area contributed by atoms with Gasteiger partial charge in [-0.3, -0.25) is 4.79 Å². The lowest BCUT2D eigenvalue weighted by Crippen LogP contribution is -2.47. The quantitative estimate of drug-likeness (QED) is 0.405. The van der Waals surface area contributed by atoms with Crippen LogP contribution in [0.1, 0.15) is 23.2 Å². The third-order valence-corrected chi connectivity index (χ3v) is 7.58. The van der Waals surface area contributed by atoms with Crippen LogP contribution in [-0.4, -0.2) is 77.4 Å². The second kappa shape index (κ2) is 12.7. The average molecular weight is 560 g/mol. The van der Waals surface area contributed by atoms with Crippen molar-refractivity contribution in [2.24, 2.45) is 0 Å². The Labute approximate surface area is 240 Å². The number of benzene rings is 3. The lowest BCUT2D eigenvalue weighted by Gasteiger charge is -2.38. The fourth-order valence-corrected chi connectivity index (χ4v) is 5.42. The van der Waals surface area contributed by atoms with Crippen LogP contribution in [-0.2, 0) is 0 Å². The Bertz CT molecular complexity index is 1380. The van der Waals surface area contributed by atoms with E-state index in [1.807, 2.05) is 35.2 Å². The van der Waals surface area contributed by atoms with Crippen LogP contribution < -0.4 is 34.6 Å². The standard InChI is InChI=1S/C31H37N5O5/c1-39-23-11-12-25(29(21-23)41-3)33-31(38)32-22-10-13-26(24(20-22)30(37)36-14-6-7-15-36)34-16-18-35(19-17-34)27-8-4-5-9-28(27)40-2/h4-5,8-13,20-21H,6-7,14-19H2,1-3H3,(H2,32,33,38). The summed E-state index contributed by atoms with van der Waals surface area (Å²) in [6.45, 7) is 4.59. The van der Waals surface area contributed by atoms with Crippen LogP contribution >= 0.6 is 0 Å². The van der Waals surface area contributed by atoms with Gasteiger partial charge in [0.05, 0.1) is 38.3 Å². The number of methoxy groups -OCH3 is 3. The number of ether oxygens (including phenoxy) is 3. The third kappa shape index (κ3) is 6.26. The predicted molar refractivity (Wildman–Crippen MR) is 161 cm³/mol. The third-order valence-electron chi connectivity index (χ3n) is 7.58. The SMILES string of the molecule is COc1ccc(NC(=O)Nc2ccc(N3CCN(c4ccccc4OC)CC3)c(C(=O)N3CCCC3)c2)c(OC)c1. The summed E-state index contributed by atoms with van der Waals surface area (Å²) < 4.78 is 16.2. The van der Waals surface area contributed by atoms with Gasteiger partial charge in [-0.25, -0.2) is 4.79 Å². The first-order chi connectivity index (χ1) is 20.0. The molecule has 0 bridgehead atoms. The zero-order valence-electron chi connectivity index (χ0n) is 23.8. The number of hydrogen-bond acceptors (Lipinski definition) is 7. The highest BCUT2D eigenvalue weighted by molar-refractivity contribution is 6.04. The van der Waals surface area contributed by atoms with Gasteiger partial charge in [0.15, 0.2) is 0 Å². The minimum atomic E-state index is -0.439. The summed E-state index contributed by atoms with van der Waals surface area (Å²) in [5, 5.41) is 5.70. The van der Waals surface area contributed by atoms with Gasteiger partial charge >= 0.3 is 6.03 Å². The summed E-state index contributed by atoms with van der Waals surface area (Å²) in [7, 11) is 4.79. The molecule has 5 rings (SSSR count). The van der Waals surface area contributed by atoms with Crippen molar-refractivity contribution in [1.29, 1.82) is 0 Å². The highest BCUT2D eigenvalue weighted by Gasteiger charge is 2.27. The number of nitrogens with one attached hydrogen (secondary N) is 2. The maximum absolute atomic E-state index is 13.7. The van der Waals surface area contributed by atoms with Crippen LogP contribution in [0.5, 0.6) is 17.2 Å². The summed E-state index contributed by atoms with van der Waals surface area (Å²) in [5.41, 5.74) is 3.58. The highest BCUT2D eigenvalue weighted by atomic mass is 16.5. The van der Waals surface area contributed by atoms with E-state index in [-0.39, 0.29) is 5.91 Å². The molecule has 10 heteroatoms. The van der Waals surface area contributed by atoms with Gasteiger partial charge in [-0.2, -0.15) is 0 Å². The van der Waals surface area contributed by atoms with E-state index >= 15 is 0 Å². The number of carbonyl (C=O) groups is 2. The van der Waals surface area contributed by atoms with Crippen molar-refractivity contribution < 1.29 is 23.8 Å². The number of urea groups is 1. The predicted octanol–water partition coefficient (Wildman–Crippen LogP) is 4.92. The monoisotopic (exact) mass is 559 g/mol. The zero-order valence-corrected chi connectivity index (χ0v) is 23.8. The van der Waals surface area contributed by atoms with Crippen molar-refractivity contribution in [3.05, 3.63) is 66.2 Å². The van der Waals surface area contributed by atoms with Crippen molar-refractivity contribution in [3.63, 3.8) is 0 Å². The van der Waals surface area contributed by atoms with E-state index in [9.17, 15) is 9.59 Å². The Morgan fingerprint density at radius 3 is 2.05 bits per heavy atom. The van der Waals surface area contributed by atoms with Crippen molar-refractivity contribution in [2.75, 3.05) is 81.0 Å². The first-order valence-corrected chi connectivity index (χ1v) is 13.9. The molecular formula is C31H37N5O5. The summed E-state index contributed by atoms with van der Waals surface area (Å²) in [6.07, 6.45) is 2.01. The number of anilines is 4. The number of piperazine rings is 1. The number of rotatable bonds is 8. The van der Waals surface area contributed by atoms with Crippen LogP contribution in [0.4, 0.5) is 27.5 Å². The Morgan fingerprint density at radius 2 is 1.37 bits per heavy atom. The lowest BCUT2D eigenvalue weighted by atomic mass is 10.1. The minimum absolute atomic E-state index is 0.00876. The fraction of sp³-hybridized carbons (Fsp3) is 0.355. The molecule has 10 nitrogen and oxygen atoms in total. The Hall–Kier alpha value is -4.60. The van der Waals surface area contributed by atoms with Crippen molar-refractivity contribution in [3.8, 4) is 17.2 Å². The fourth-order valence-electron chi connectivity index (χ4n) is 5.42. The Balaban J connectivity index is 1.34. The van der Waals surface area contributed by atoms with E-state index in [0.29, 0.717) is 28.4 Å². The molecule has 2 heterocycles. The number of hydrogen-bond donors (Lipinski definition) is 2. The van der Waals surface area contributed by atoms with Crippen LogP contribution in [0.3, 0.4) is 0 Å². The van der Waals surface area contributed by atoms with Crippen molar-refractivity contribution >= 4 is 34.7 Å². The van der Waals surface area contributed by atoms with Gasteiger partial charge in [-0.1, -0.05) is 12.1 Å². The maximum Gasteiger partial charge on any atom is 0.323 e. The topological polar surface area (TPSA) is 95.6 Å². The second-order valence-corrected chi connectivity index (χ2v) is 10.0. The van der Waals surface area contributed by atoms with Crippen LogP contribution in [0.25, 0.3) is 0 Å². The van der Waals surface area contributed by atoms with Crippen LogP contribution in [0.2, 0.25) is 0 Å². The highest BCUT2D eigenvalue weighted by Crippen LogP contribution is 2.33. The molecule has 0 aliphatic carbocycles. The van der Waals surface area contributed by atoms with E-state index in [1.165, 1.54) is 7.11 Å². The summed E-state index contributed by atoms with van der Waals surface area (Å²) in [4.78, 5) is 33.0. The van der Waals surface area contributed by atoms with Gasteiger partial charge in [-0.15, -0.1) is 0 Å². The minimum Gasteiger partial charge on any atom is -0.497 e. The molecule has 2 aliphatic heterocycles. The maximum atomic E-state index is 13.7. The summed E-state index contributed by atoms with van der Waals surface area (Å²) in [5.74, 6) is 1.95. The first kappa shape index (κ1) is 27.9. The van der Waals surface area contributed by atoms with Gasteiger partial charge < -0.3 is 39.5 Å².